The molecule has 0 unspecified atom stereocenters. The SMILES string of the molecule is CN(C)C(=O)C=C(N(C(N)=O)c1cc(F)c(C#N)cc1F)C(F)(F)F. The first kappa shape index (κ1) is 19.9. The maximum absolute atomic E-state index is 14.0. The summed E-state index contributed by atoms with van der Waals surface area (Å²) in [5, 5.41) is 8.60. The van der Waals surface area contributed by atoms with Crippen LogP contribution in [-0.4, -0.2) is 37.1 Å². The molecule has 1 aromatic rings. The molecule has 11 heteroatoms. The van der Waals surface area contributed by atoms with Gasteiger partial charge in [0.15, 0.2) is 0 Å². The quantitative estimate of drug-likeness (QED) is 0.661. The standard InChI is InChI=1S/C14H11F5N4O2/c1-22(2)12(24)5-11(14(17,18)19)23(13(21)25)10-4-8(15)7(6-20)3-9(10)16/h3-5H,1-2H3,(H2,21,25). The molecule has 0 saturated heterocycles. The zero-order valence-corrected chi connectivity index (χ0v) is 12.9. The number of nitriles is 1. The van der Waals surface area contributed by atoms with E-state index in [4.69, 9.17) is 11.0 Å². The lowest BCUT2D eigenvalue weighted by Gasteiger charge is -2.26. The third-order valence-corrected chi connectivity index (χ3v) is 2.85. The number of carbonyl (C=O) groups is 2. The highest BCUT2D eigenvalue weighted by Gasteiger charge is 2.42. The number of hydrogen-bond donors (Lipinski definition) is 1. The van der Waals surface area contributed by atoms with E-state index in [0.717, 1.165) is 19.0 Å². The van der Waals surface area contributed by atoms with Gasteiger partial charge in [0.2, 0.25) is 5.91 Å². The number of urea groups is 1. The van der Waals surface area contributed by atoms with Crippen LogP contribution in [0.15, 0.2) is 23.9 Å². The van der Waals surface area contributed by atoms with E-state index in [0.29, 0.717) is 6.07 Å². The minimum absolute atomic E-state index is 0.0142. The molecule has 0 atom stereocenters. The second-order valence-electron chi connectivity index (χ2n) is 4.83. The van der Waals surface area contributed by atoms with Crippen LogP contribution in [0.5, 0.6) is 0 Å². The number of halogens is 5. The number of carbonyl (C=O) groups excluding carboxylic acids is 2. The van der Waals surface area contributed by atoms with Gasteiger partial charge in [-0.15, -0.1) is 0 Å². The summed E-state index contributed by atoms with van der Waals surface area (Å²) in [5.74, 6) is -4.05. The van der Waals surface area contributed by atoms with Gasteiger partial charge in [-0.25, -0.2) is 13.6 Å². The summed E-state index contributed by atoms with van der Waals surface area (Å²) in [5.41, 5.74) is 0.980. The smallest absolute Gasteiger partial charge is 0.351 e. The summed E-state index contributed by atoms with van der Waals surface area (Å²) in [6, 6.07) is -0.00192. The fourth-order valence-electron chi connectivity index (χ4n) is 1.68. The van der Waals surface area contributed by atoms with Crippen molar-refractivity contribution in [3.8, 4) is 6.07 Å². The number of alkyl halides is 3. The van der Waals surface area contributed by atoms with Crippen molar-refractivity contribution >= 4 is 17.6 Å². The largest absolute Gasteiger partial charge is 0.432 e. The molecule has 2 N–H and O–H groups in total. The normalized spacial score (nSPS) is 11.7. The number of allylic oxidation sites excluding steroid dienone is 1. The minimum Gasteiger partial charge on any atom is -0.351 e. The van der Waals surface area contributed by atoms with Crippen LogP contribution in [-0.2, 0) is 4.79 Å². The van der Waals surface area contributed by atoms with Crippen LogP contribution in [0.3, 0.4) is 0 Å². The number of anilines is 1. The van der Waals surface area contributed by atoms with E-state index < -0.39 is 46.7 Å². The summed E-state index contributed by atoms with van der Waals surface area (Å²) in [6.45, 7) is 0. The van der Waals surface area contributed by atoms with Crippen LogP contribution < -0.4 is 10.6 Å². The summed E-state index contributed by atoms with van der Waals surface area (Å²) in [4.78, 5) is 23.4. The Hall–Kier alpha value is -3.16. The van der Waals surface area contributed by atoms with Crippen LogP contribution in [0.4, 0.5) is 32.4 Å². The van der Waals surface area contributed by atoms with Gasteiger partial charge in [0.05, 0.1) is 11.3 Å². The fourth-order valence-corrected chi connectivity index (χ4v) is 1.68. The predicted molar refractivity (Wildman–Crippen MR) is 76.0 cm³/mol. The molecule has 0 spiro atoms. The number of nitrogens with zero attached hydrogens (tertiary/aromatic N) is 3. The number of hydrogen-bond acceptors (Lipinski definition) is 3. The first-order valence-electron chi connectivity index (χ1n) is 6.39. The number of nitrogens with two attached hydrogens (primary N) is 1. The van der Waals surface area contributed by atoms with Gasteiger partial charge < -0.3 is 10.6 Å². The molecule has 0 saturated carbocycles. The maximum atomic E-state index is 14.0. The Balaban J connectivity index is 3.68. The summed E-state index contributed by atoms with van der Waals surface area (Å²) in [7, 11) is 2.28. The van der Waals surface area contributed by atoms with Gasteiger partial charge in [0.25, 0.3) is 0 Å². The van der Waals surface area contributed by atoms with Crippen molar-refractivity contribution in [2.24, 2.45) is 5.73 Å². The highest BCUT2D eigenvalue weighted by molar-refractivity contribution is 5.97. The molecule has 0 bridgehead atoms. The van der Waals surface area contributed by atoms with Gasteiger partial charge >= 0.3 is 12.2 Å². The average molecular weight is 362 g/mol. The van der Waals surface area contributed by atoms with Crippen molar-refractivity contribution in [1.82, 2.24) is 4.90 Å². The van der Waals surface area contributed by atoms with Crippen molar-refractivity contribution in [2.45, 2.75) is 6.18 Å². The van der Waals surface area contributed by atoms with Crippen molar-refractivity contribution in [3.05, 3.63) is 41.1 Å². The van der Waals surface area contributed by atoms with E-state index >= 15 is 0 Å². The Morgan fingerprint density at radius 3 is 2.16 bits per heavy atom. The first-order chi connectivity index (χ1) is 11.4. The lowest BCUT2D eigenvalue weighted by molar-refractivity contribution is -0.125. The number of primary amides is 1. The van der Waals surface area contributed by atoms with Gasteiger partial charge in [-0.1, -0.05) is 0 Å². The Morgan fingerprint density at radius 2 is 1.76 bits per heavy atom. The van der Waals surface area contributed by atoms with Crippen molar-refractivity contribution in [1.29, 1.82) is 5.26 Å². The number of benzene rings is 1. The minimum atomic E-state index is -5.29. The van der Waals surface area contributed by atoms with Crippen molar-refractivity contribution < 1.29 is 31.5 Å². The molecule has 0 aliphatic rings. The maximum Gasteiger partial charge on any atom is 0.432 e. The van der Waals surface area contributed by atoms with E-state index in [1.54, 1.807) is 0 Å². The number of likely N-dealkylation sites (N-methyl/N-ethyl adjacent to an activating group) is 1. The van der Waals surface area contributed by atoms with Gasteiger partial charge in [-0.3, -0.25) is 9.69 Å². The fraction of sp³-hybridized carbons (Fsp3) is 0.214. The van der Waals surface area contributed by atoms with Gasteiger partial charge in [0.1, 0.15) is 23.4 Å². The molecule has 0 fully saturated rings. The molecule has 1 rings (SSSR count). The molecule has 3 amide bonds. The molecule has 0 aromatic heterocycles. The third-order valence-electron chi connectivity index (χ3n) is 2.85. The molecule has 134 valence electrons. The van der Waals surface area contributed by atoms with Crippen molar-refractivity contribution in [2.75, 3.05) is 19.0 Å². The molecular formula is C14H11F5N4O2. The van der Waals surface area contributed by atoms with E-state index in [9.17, 15) is 31.5 Å². The average Bonchev–Trinajstić information content (AvgIpc) is 2.47. The summed E-state index contributed by atoms with van der Waals surface area (Å²) in [6.07, 6.45) is -5.28. The molecule has 0 aliphatic heterocycles. The zero-order chi connectivity index (χ0) is 19.5. The molecule has 25 heavy (non-hydrogen) atoms. The number of amides is 3. The van der Waals surface area contributed by atoms with E-state index in [1.165, 1.54) is 6.07 Å². The molecule has 0 heterocycles. The topological polar surface area (TPSA) is 90.4 Å². The van der Waals surface area contributed by atoms with Gasteiger partial charge in [-0.05, 0) is 6.07 Å². The van der Waals surface area contributed by atoms with Crippen LogP contribution >= 0.6 is 0 Å². The van der Waals surface area contributed by atoms with E-state index in [2.05, 4.69) is 0 Å². The lowest BCUT2D eigenvalue weighted by atomic mass is 10.1. The number of rotatable bonds is 3. The van der Waals surface area contributed by atoms with Gasteiger partial charge in [-0.2, -0.15) is 18.4 Å². The highest BCUT2D eigenvalue weighted by Crippen LogP contribution is 2.34. The Labute approximate surface area is 138 Å². The van der Waals surface area contributed by atoms with Crippen LogP contribution in [0.1, 0.15) is 5.56 Å². The van der Waals surface area contributed by atoms with Crippen LogP contribution in [0.2, 0.25) is 0 Å². The van der Waals surface area contributed by atoms with E-state index in [1.807, 2.05) is 0 Å². The van der Waals surface area contributed by atoms with Crippen LogP contribution in [0.25, 0.3) is 0 Å². The summed E-state index contributed by atoms with van der Waals surface area (Å²) >= 11 is 0. The molecule has 6 nitrogen and oxygen atoms in total. The summed E-state index contributed by atoms with van der Waals surface area (Å²) < 4.78 is 67.5. The van der Waals surface area contributed by atoms with Crippen molar-refractivity contribution in [3.63, 3.8) is 0 Å². The molecule has 1 aromatic carbocycles. The molecule has 0 radical (unpaired) electrons. The molecule has 0 aliphatic carbocycles. The Morgan fingerprint density at radius 1 is 1.20 bits per heavy atom. The van der Waals surface area contributed by atoms with E-state index in [-0.39, 0.29) is 17.0 Å². The Kier molecular flexibility index (Phi) is 5.70. The van der Waals surface area contributed by atoms with Crippen LogP contribution in [0, 0.1) is 23.0 Å². The third kappa shape index (κ3) is 4.43. The zero-order valence-electron chi connectivity index (χ0n) is 12.9. The molecular weight excluding hydrogens is 351 g/mol. The Bertz CT molecular complexity index is 781. The monoisotopic (exact) mass is 362 g/mol. The predicted octanol–water partition coefficient (Wildman–Crippen LogP) is 2.26. The first-order valence-corrected chi connectivity index (χ1v) is 6.39. The van der Waals surface area contributed by atoms with Gasteiger partial charge in [0, 0.05) is 26.2 Å². The second kappa shape index (κ2) is 7.16. The second-order valence-corrected chi connectivity index (χ2v) is 4.83. The lowest BCUT2D eigenvalue weighted by Crippen LogP contribution is -2.42. The highest BCUT2D eigenvalue weighted by atomic mass is 19.4.